The van der Waals surface area contributed by atoms with Gasteiger partial charge in [-0.3, -0.25) is 15.0 Å². The van der Waals surface area contributed by atoms with Crippen LogP contribution < -0.4 is 0 Å². The maximum Gasteiger partial charge on any atom is 0.0886 e. The highest BCUT2D eigenvalue weighted by atomic mass is 32.1. The van der Waals surface area contributed by atoms with Gasteiger partial charge in [-0.05, 0) is 24.3 Å². The maximum atomic E-state index is 4.19. The van der Waals surface area contributed by atoms with Crippen LogP contribution in [0.5, 0.6) is 0 Å². The predicted octanol–water partition coefficient (Wildman–Crippen LogP) is 3.29. The van der Waals surface area contributed by atoms with Crippen LogP contribution in [0.4, 0.5) is 0 Å². The van der Waals surface area contributed by atoms with Gasteiger partial charge in [0.25, 0.3) is 0 Å². The molecule has 0 aliphatic rings. The van der Waals surface area contributed by atoms with Crippen LogP contribution in [0.1, 0.15) is 0 Å². The van der Waals surface area contributed by atoms with Gasteiger partial charge in [0.15, 0.2) is 0 Å². The summed E-state index contributed by atoms with van der Waals surface area (Å²) >= 11 is 1.60. The second-order valence-electron chi connectivity index (χ2n) is 3.11. The highest BCUT2D eigenvalue weighted by molar-refractivity contribution is 7.07. The number of thiazole rings is 1. The Kier molecular flexibility index (Phi) is 4.36. The number of pyridine rings is 2. The molecule has 0 radical (unpaired) electrons. The Labute approximate surface area is 104 Å². The van der Waals surface area contributed by atoms with Crippen molar-refractivity contribution < 1.29 is 0 Å². The van der Waals surface area contributed by atoms with Gasteiger partial charge >= 0.3 is 0 Å². The van der Waals surface area contributed by atoms with Gasteiger partial charge in [0.2, 0.25) is 0 Å². The van der Waals surface area contributed by atoms with Gasteiger partial charge in [-0.15, -0.1) is 11.3 Å². The van der Waals surface area contributed by atoms with Crippen molar-refractivity contribution in [2.75, 3.05) is 0 Å². The topological polar surface area (TPSA) is 38.7 Å². The fourth-order valence-corrected chi connectivity index (χ4v) is 1.56. The third-order valence-electron chi connectivity index (χ3n) is 1.94. The molecule has 0 aliphatic carbocycles. The zero-order chi connectivity index (χ0) is 11.8. The van der Waals surface area contributed by atoms with Crippen LogP contribution in [0, 0.1) is 0 Å². The number of hydrogen-bond donors (Lipinski definition) is 0. The summed E-state index contributed by atoms with van der Waals surface area (Å²) in [5, 5.41) is 1.93. The average Bonchev–Trinajstić information content (AvgIpc) is 3.00. The molecule has 4 heteroatoms. The molecule has 0 amide bonds. The highest BCUT2D eigenvalue weighted by Crippen LogP contribution is 2.10. The van der Waals surface area contributed by atoms with Gasteiger partial charge in [0.05, 0.1) is 16.9 Å². The maximum absolute atomic E-state index is 4.19. The highest BCUT2D eigenvalue weighted by Gasteiger charge is 1.95. The SMILES string of the molecule is c1ccc(-c2ccccn2)nc1.c1cscn1. The summed E-state index contributed by atoms with van der Waals surface area (Å²) < 4.78 is 0. The van der Waals surface area contributed by atoms with E-state index >= 15 is 0 Å². The second-order valence-corrected chi connectivity index (χ2v) is 3.86. The summed E-state index contributed by atoms with van der Waals surface area (Å²) in [6.45, 7) is 0. The molecular weight excluding hydrogens is 230 g/mol. The van der Waals surface area contributed by atoms with Crippen molar-refractivity contribution in [1.82, 2.24) is 15.0 Å². The Balaban J connectivity index is 0.000000181. The fraction of sp³-hybridized carbons (Fsp3) is 0. The zero-order valence-electron chi connectivity index (χ0n) is 9.10. The first-order valence-electron chi connectivity index (χ1n) is 5.11. The van der Waals surface area contributed by atoms with Gasteiger partial charge in [0.1, 0.15) is 0 Å². The molecule has 17 heavy (non-hydrogen) atoms. The van der Waals surface area contributed by atoms with E-state index in [1.54, 1.807) is 35.4 Å². The molecule has 3 aromatic heterocycles. The monoisotopic (exact) mass is 241 g/mol. The normalized spacial score (nSPS) is 9.18. The molecule has 0 atom stereocenters. The second kappa shape index (κ2) is 6.50. The molecule has 3 aromatic rings. The molecule has 0 spiro atoms. The van der Waals surface area contributed by atoms with Crippen molar-refractivity contribution in [3.05, 3.63) is 65.9 Å². The molecule has 3 nitrogen and oxygen atoms in total. The molecule has 0 unspecified atom stereocenters. The van der Waals surface area contributed by atoms with Crippen LogP contribution in [0.25, 0.3) is 11.4 Å². The van der Waals surface area contributed by atoms with E-state index in [4.69, 9.17) is 0 Å². The van der Waals surface area contributed by atoms with Crippen molar-refractivity contribution in [2.45, 2.75) is 0 Å². The molecule has 0 fully saturated rings. The number of nitrogens with zero attached hydrogens (tertiary/aromatic N) is 3. The molecular formula is C13H11N3S. The van der Waals surface area contributed by atoms with E-state index in [2.05, 4.69) is 15.0 Å². The third-order valence-corrected chi connectivity index (χ3v) is 2.46. The van der Waals surface area contributed by atoms with Gasteiger partial charge in [-0.1, -0.05) is 12.1 Å². The van der Waals surface area contributed by atoms with Crippen LogP contribution >= 0.6 is 11.3 Å². The Morgan fingerprint density at radius 3 is 1.71 bits per heavy atom. The first-order valence-corrected chi connectivity index (χ1v) is 6.05. The molecule has 0 saturated heterocycles. The molecule has 0 aromatic carbocycles. The van der Waals surface area contributed by atoms with E-state index < -0.39 is 0 Å². The van der Waals surface area contributed by atoms with Crippen molar-refractivity contribution in [2.24, 2.45) is 0 Å². The van der Waals surface area contributed by atoms with Crippen molar-refractivity contribution >= 4 is 11.3 Å². The quantitative estimate of drug-likeness (QED) is 0.656. The lowest BCUT2D eigenvalue weighted by molar-refractivity contribution is 1.25. The van der Waals surface area contributed by atoms with E-state index in [0.717, 1.165) is 11.4 Å². The summed E-state index contributed by atoms with van der Waals surface area (Å²) in [7, 11) is 0. The smallest absolute Gasteiger partial charge is 0.0886 e. The molecule has 0 saturated carbocycles. The first-order chi connectivity index (χ1) is 8.47. The Morgan fingerprint density at radius 1 is 0.765 bits per heavy atom. The minimum absolute atomic E-state index is 0.915. The first kappa shape index (κ1) is 11.4. The van der Waals surface area contributed by atoms with E-state index in [9.17, 15) is 0 Å². The standard InChI is InChI=1S/C10H8N2.C3H3NS/c1-3-7-11-9(5-1)10-6-2-4-8-12-10;1-2-5-3-4-1/h1-8H;1-3H. The van der Waals surface area contributed by atoms with E-state index in [-0.39, 0.29) is 0 Å². The molecule has 0 aliphatic heterocycles. The summed E-state index contributed by atoms with van der Waals surface area (Å²) in [6.07, 6.45) is 5.30. The van der Waals surface area contributed by atoms with Crippen molar-refractivity contribution in [3.8, 4) is 11.4 Å². The Bertz CT molecular complexity index is 454. The lowest BCUT2D eigenvalue weighted by Gasteiger charge is -1.96. The van der Waals surface area contributed by atoms with Crippen LogP contribution in [0.3, 0.4) is 0 Å². The lowest BCUT2D eigenvalue weighted by atomic mass is 10.2. The zero-order valence-corrected chi connectivity index (χ0v) is 9.92. The minimum Gasteiger partial charge on any atom is -0.255 e. The molecule has 0 N–H and O–H groups in total. The molecule has 3 rings (SSSR count). The number of aromatic nitrogens is 3. The summed E-state index contributed by atoms with van der Waals surface area (Å²) in [4.78, 5) is 12.1. The van der Waals surface area contributed by atoms with Gasteiger partial charge in [-0.25, -0.2) is 0 Å². The predicted molar refractivity (Wildman–Crippen MR) is 69.6 cm³/mol. The summed E-state index contributed by atoms with van der Waals surface area (Å²) in [6, 6.07) is 11.6. The minimum atomic E-state index is 0.915. The fourth-order valence-electron chi connectivity index (χ4n) is 1.20. The molecule has 0 bridgehead atoms. The van der Waals surface area contributed by atoms with Gasteiger partial charge in [-0.2, -0.15) is 0 Å². The Morgan fingerprint density at radius 2 is 1.41 bits per heavy atom. The van der Waals surface area contributed by atoms with E-state index in [0.29, 0.717) is 0 Å². The number of hydrogen-bond acceptors (Lipinski definition) is 4. The molecule has 84 valence electrons. The van der Waals surface area contributed by atoms with E-state index in [1.807, 2.05) is 41.8 Å². The number of rotatable bonds is 1. The van der Waals surface area contributed by atoms with Crippen LogP contribution in [-0.4, -0.2) is 15.0 Å². The van der Waals surface area contributed by atoms with Crippen LogP contribution in [-0.2, 0) is 0 Å². The largest absolute Gasteiger partial charge is 0.255 e. The van der Waals surface area contributed by atoms with Crippen LogP contribution in [0.2, 0.25) is 0 Å². The average molecular weight is 241 g/mol. The van der Waals surface area contributed by atoms with Gasteiger partial charge in [0, 0.05) is 24.0 Å². The molecule has 3 heterocycles. The van der Waals surface area contributed by atoms with E-state index in [1.165, 1.54) is 0 Å². The van der Waals surface area contributed by atoms with Gasteiger partial charge < -0.3 is 0 Å². The Hall–Kier alpha value is -2.07. The summed E-state index contributed by atoms with van der Waals surface area (Å²) in [5.41, 5.74) is 3.62. The van der Waals surface area contributed by atoms with Crippen molar-refractivity contribution in [3.63, 3.8) is 0 Å². The van der Waals surface area contributed by atoms with Crippen molar-refractivity contribution in [1.29, 1.82) is 0 Å². The summed E-state index contributed by atoms with van der Waals surface area (Å²) in [5.74, 6) is 0. The lowest BCUT2D eigenvalue weighted by Crippen LogP contribution is -1.83. The van der Waals surface area contributed by atoms with Crippen LogP contribution in [0.15, 0.2) is 65.9 Å². The third kappa shape index (κ3) is 3.77.